The second-order valence-electron chi connectivity index (χ2n) is 9.00. The molecule has 0 aromatic rings. The molecule has 5 aliphatic rings. The molecule has 146 valence electrons. The number of hydrogen-bond donors (Lipinski definition) is 0. The van der Waals surface area contributed by atoms with E-state index in [4.69, 9.17) is 14.5 Å². The predicted octanol–water partition coefficient (Wildman–Crippen LogP) is 4.62. The number of hydrogen-bond acceptors (Lipinski definition) is 4. The molecule has 0 radical (unpaired) electrons. The van der Waals surface area contributed by atoms with Gasteiger partial charge in [-0.15, -0.1) is 0 Å². The van der Waals surface area contributed by atoms with Crippen molar-refractivity contribution in [2.24, 2.45) is 28.7 Å². The average molecular weight is 370 g/mol. The number of ether oxygens (including phenoxy) is 2. The molecule has 4 bridgehead atoms. The molecule has 6 unspecified atom stereocenters. The maximum absolute atomic E-state index is 12.7. The number of nitrogens with zero attached hydrogens (tertiary/aromatic N) is 1. The summed E-state index contributed by atoms with van der Waals surface area (Å²) in [5.41, 5.74) is 2.16. The summed E-state index contributed by atoms with van der Waals surface area (Å²) in [6.07, 6.45) is 11.6. The SMILES string of the molecule is C=C/C=C(\N=C(C)C)C1CC2C3CCCCC34C=C(C(=O)OC)C2C1(C)O4. The smallest absolute Gasteiger partial charge is 0.333 e. The number of carbonyl (C=O) groups excluding carboxylic acids is 1. The van der Waals surface area contributed by atoms with Crippen LogP contribution in [0, 0.1) is 23.7 Å². The number of esters is 1. The van der Waals surface area contributed by atoms with Crippen molar-refractivity contribution in [3.63, 3.8) is 0 Å². The zero-order chi connectivity index (χ0) is 19.4. The summed E-state index contributed by atoms with van der Waals surface area (Å²) in [5, 5.41) is 0. The number of allylic oxidation sites excluding steroid dienone is 2. The normalized spacial score (nSPS) is 42.2. The lowest BCUT2D eigenvalue weighted by Gasteiger charge is -2.60. The van der Waals surface area contributed by atoms with Gasteiger partial charge in [0.1, 0.15) is 0 Å². The van der Waals surface area contributed by atoms with E-state index in [1.165, 1.54) is 20.0 Å². The van der Waals surface area contributed by atoms with Crippen molar-refractivity contribution in [2.75, 3.05) is 7.11 Å². The quantitative estimate of drug-likeness (QED) is 0.413. The summed E-state index contributed by atoms with van der Waals surface area (Å²) < 4.78 is 12.1. The second kappa shape index (κ2) is 6.44. The largest absolute Gasteiger partial charge is 0.466 e. The minimum atomic E-state index is -0.426. The van der Waals surface area contributed by atoms with Crippen LogP contribution in [0.15, 0.2) is 41.1 Å². The van der Waals surface area contributed by atoms with Gasteiger partial charge in [-0.3, -0.25) is 4.99 Å². The molecule has 0 aromatic carbocycles. The van der Waals surface area contributed by atoms with Gasteiger partial charge in [-0.05, 0) is 64.0 Å². The van der Waals surface area contributed by atoms with Crippen molar-refractivity contribution in [1.82, 2.24) is 0 Å². The topological polar surface area (TPSA) is 47.9 Å². The molecule has 6 atom stereocenters. The first kappa shape index (κ1) is 18.7. The van der Waals surface area contributed by atoms with E-state index >= 15 is 0 Å². The zero-order valence-corrected chi connectivity index (χ0v) is 17.0. The van der Waals surface area contributed by atoms with Gasteiger partial charge in [0.05, 0.1) is 18.3 Å². The molecular formula is C23H31NO3. The van der Waals surface area contributed by atoms with E-state index in [0.29, 0.717) is 11.8 Å². The highest BCUT2D eigenvalue weighted by atomic mass is 16.5. The van der Waals surface area contributed by atoms with Crippen LogP contribution in [-0.2, 0) is 14.3 Å². The Balaban J connectivity index is 1.85. The number of carbonyl (C=O) groups is 1. The number of methoxy groups -OCH3 is 1. The molecule has 4 heteroatoms. The molecule has 27 heavy (non-hydrogen) atoms. The highest BCUT2D eigenvalue weighted by molar-refractivity contribution is 5.90. The molecule has 0 aromatic heterocycles. The van der Waals surface area contributed by atoms with E-state index in [0.717, 1.165) is 36.2 Å². The van der Waals surface area contributed by atoms with Crippen molar-refractivity contribution < 1.29 is 14.3 Å². The fourth-order valence-corrected chi connectivity index (χ4v) is 6.55. The summed E-state index contributed by atoms with van der Waals surface area (Å²) in [6.45, 7) is 10.1. The Morgan fingerprint density at radius 2 is 2.19 bits per heavy atom. The number of aliphatic imine (C=N–C) groups is 1. The maximum atomic E-state index is 12.7. The van der Waals surface area contributed by atoms with Crippen LogP contribution in [0.2, 0.25) is 0 Å². The molecule has 4 nitrogen and oxygen atoms in total. The van der Waals surface area contributed by atoms with Crippen LogP contribution >= 0.6 is 0 Å². The minimum Gasteiger partial charge on any atom is -0.466 e. The van der Waals surface area contributed by atoms with Gasteiger partial charge >= 0.3 is 5.97 Å². The van der Waals surface area contributed by atoms with E-state index < -0.39 is 5.60 Å². The van der Waals surface area contributed by atoms with E-state index in [-0.39, 0.29) is 23.4 Å². The maximum Gasteiger partial charge on any atom is 0.333 e. The third-order valence-corrected chi connectivity index (χ3v) is 7.29. The van der Waals surface area contributed by atoms with Crippen molar-refractivity contribution >= 4 is 11.7 Å². The van der Waals surface area contributed by atoms with Gasteiger partial charge in [0, 0.05) is 28.8 Å². The Bertz CT molecular complexity index is 760. The predicted molar refractivity (Wildman–Crippen MR) is 106 cm³/mol. The van der Waals surface area contributed by atoms with Gasteiger partial charge in [-0.25, -0.2) is 4.79 Å². The van der Waals surface area contributed by atoms with Crippen LogP contribution in [0.1, 0.15) is 52.9 Å². The van der Waals surface area contributed by atoms with Gasteiger partial charge in [0.15, 0.2) is 0 Å². The molecule has 3 fully saturated rings. The Morgan fingerprint density at radius 1 is 1.41 bits per heavy atom. The third-order valence-electron chi connectivity index (χ3n) is 7.29. The first-order valence-electron chi connectivity index (χ1n) is 10.2. The Morgan fingerprint density at radius 3 is 2.85 bits per heavy atom. The van der Waals surface area contributed by atoms with Crippen molar-refractivity contribution in [3.05, 3.63) is 36.1 Å². The van der Waals surface area contributed by atoms with Gasteiger partial charge in [0.25, 0.3) is 0 Å². The monoisotopic (exact) mass is 369 g/mol. The summed E-state index contributed by atoms with van der Waals surface area (Å²) in [7, 11) is 1.48. The van der Waals surface area contributed by atoms with E-state index in [1.807, 2.05) is 26.0 Å². The standard InChI is InChI=1S/C23H31NO3/c1-6-9-19(24-14(2)3)18-12-15-17-10-7-8-11-23(17)13-16(21(25)26-5)20(15)22(18,4)27-23/h6,9,13,15,17-18,20H,1,7-8,10-12H2,2-5H3/b19-9-. The Kier molecular flexibility index (Phi) is 4.45. The summed E-state index contributed by atoms with van der Waals surface area (Å²) in [5.74, 6) is 1.01. The summed E-state index contributed by atoms with van der Waals surface area (Å²) >= 11 is 0. The lowest BCUT2D eigenvalue weighted by molar-refractivity contribution is -0.236. The Labute approximate surface area is 162 Å². The highest BCUT2D eigenvalue weighted by Gasteiger charge is 2.70. The first-order valence-corrected chi connectivity index (χ1v) is 10.2. The first-order chi connectivity index (χ1) is 12.9. The van der Waals surface area contributed by atoms with E-state index in [1.54, 1.807) is 0 Å². The van der Waals surface area contributed by atoms with Gasteiger partial charge in [-0.1, -0.05) is 25.5 Å². The lowest BCUT2D eigenvalue weighted by atomic mass is 9.56. The van der Waals surface area contributed by atoms with Crippen molar-refractivity contribution in [2.45, 2.75) is 64.1 Å². The fourth-order valence-electron chi connectivity index (χ4n) is 6.55. The molecule has 1 spiro atoms. The molecule has 2 aliphatic heterocycles. The van der Waals surface area contributed by atoms with Crippen LogP contribution < -0.4 is 0 Å². The van der Waals surface area contributed by atoms with Crippen molar-refractivity contribution in [1.29, 1.82) is 0 Å². The molecule has 0 amide bonds. The lowest BCUT2D eigenvalue weighted by Crippen LogP contribution is -2.63. The van der Waals surface area contributed by atoms with Gasteiger partial charge < -0.3 is 9.47 Å². The molecule has 3 aliphatic carbocycles. The molecule has 1 saturated heterocycles. The second-order valence-corrected chi connectivity index (χ2v) is 9.00. The van der Waals surface area contributed by atoms with Gasteiger partial charge in [-0.2, -0.15) is 0 Å². The Hall–Kier alpha value is -1.68. The van der Waals surface area contributed by atoms with E-state index in [2.05, 4.69) is 19.6 Å². The average Bonchev–Trinajstić information content (AvgIpc) is 2.88. The van der Waals surface area contributed by atoms with Crippen LogP contribution in [-0.4, -0.2) is 30.0 Å². The molecular weight excluding hydrogens is 338 g/mol. The van der Waals surface area contributed by atoms with Crippen LogP contribution in [0.3, 0.4) is 0 Å². The van der Waals surface area contributed by atoms with Crippen LogP contribution in [0.25, 0.3) is 0 Å². The van der Waals surface area contributed by atoms with Crippen LogP contribution in [0.5, 0.6) is 0 Å². The molecule has 5 rings (SSSR count). The van der Waals surface area contributed by atoms with E-state index in [9.17, 15) is 4.79 Å². The number of rotatable bonds is 4. The van der Waals surface area contributed by atoms with Gasteiger partial charge in [0.2, 0.25) is 0 Å². The zero-order valence-electron chi connectivity index (χ0n) is 17.0. The summed E-state index contributed by atoms with van der Waals surface area (Å²) in [4.78, 5) is 17.5. The third kappa shape index (κ3) is 2.60. The highest BCUT2D eigenvalue weighted by Crippen LogP contribution is 2.68. The van der Waals surface area contributed by atoms with Crippen molar-refractivity contribution in [3.8, 4) is 0 Å². The molecule has 0 N–H and O–H groups in total. The fraction of sp³-hybridized carbons (Fsp3) is 0.652. The van der Waals surface area contributed by atoms with Crippen LogP contribution in [0.4, 0.5) is 0 Å². The molecule has 2 heterocycles. The molecule has 2 saturated carbocycles. The summed E-state index contributed by atoms with van der Waals surface area (Å²) in [6, 6.07) is 0. The minimum absolute atomic E-state index is 0.0838.